The Morgan fingerprint density at radius 1 is 1.44 bits per heavy atom. The Hall–Kier alpha value is -1.84. The second-order valence-corrected chi connectivity index (χ2v) is 4.89. The molecule has 3 aliphatic rings. The van der Waals surface area contributed by atoms with Crippen LogP contribution in [0.15, 0.2) is 35.6 Å². The van der Waals surface area contributed by atoms with Crippen molar-refractivity contribution in [3.63, 3.8) is 0 Å². The third-order valence-corrected chi connectivity index (χ3v) is 3.69. The SMILES string of the molecule is CC1=CC(O/C=C2/C(=O)CC3C=CCC23)OC1=O. The summed E-state index contributed by atoms with van der Waals surface area (Å²) in [5.74, 6) is 0.353. The van der Waals surface area contributed by atoms with Crippen molar-refractivity contribution in [1.82, 2.24) is 0 Å². The number of esters is 1. The number of ether oxygens (including phenoxy) is 2. The molecule has 3 rings (SSSR count). The van der Waals surface area contributed by atoms with E-state index in [-0.39, 0.29) is 17.7 Å². The average molecular weight is 246 g/mol. The maximum Gasteiger partial charge on any atom is 0.336 e. The van der Waals surface area contributed by atoms with E-state index in [9.17, 15) is 9.59 Å². The second-order valence-electron chi connectivity index (χ2n) is 4.89. The van der Waals surface area contributed by atoms with Crippen molar-refractivity contribution >= 4 is 11.8 Å². The van der Waals surface area contributed by atoms with Crippen LogP contribution in [-0.4, -0.2) is 18.0 Å². The lowest BCUT2D eigenvalue weighted by molar-refractivity contribution is -0.152. The second kappa shape index (κ2) is 4.12. The van der Waals surface area contributed by atoms with E-state index in [0.717, 1.165) is 12.0 Å². The zero-order valence-electron chi connectivity index (χ0n) is 10.1. The molecule has 0 aromatic heterocycles. The summed E-state index contributed by atoms with van der Waals surface area (Å²) in [6.45, 7) is 1.68. The molecule has 1 aliphatic heterocycles. The molecule has 0 bridgehead atoms. The van der Waals surface area contributed by atoms with Crippen molar-refractivity contribution in [2.45, 2.75) is 26.1 Å². The molecule has 18 heavy (non-hydrogen) atoms. The van der Waals surface area contributed by atoms with Crippen LogP contribution >= 0.6 is 0 Å². The first-order valence-corrected chi connectivity index (χ1v) is 6.10. The minimum atomic E-state index is -0.689. The maximum absolute atomic E-state index is 11.8. The van der Waals surface area contributed by atoms with Crippen molar-refractivity contribution in [3.8, 4) is 0 Å². The van der Waals surface area contributed by atoms with E-state index in [1.807, 2.05) is 0 Å². The molecule has 3 unspecified atom stereocenters. The van der Waals surface area contributed by atoms with Crippen molar-refractivity contribution in [1.29, 1.82) is 0 Å². The van der Waals surface area contributed by atoms with Crippen LogP contribution < -0.4 is 0 Å². The monoisotopic (exact) mass is 246 g/mol. The van der Waals surface area contributed by atoms with Crippen LogP contribution in [0.2, 0.25) is 0 Å². The zero-order chi connectivity index (χ0) is 12.7. The lowest BCUT2D eigenvalue weighted by Crippen LogP contribution is -2.11. The van der Waals surface area contributed by atoms with Crippen molar-refractivity contribution in [2.75, 3.05) is 0 Å². The first-order chi connectivity index (χ1) is 8.65. The number of hydrogen-bond donors (Lipinski definition) is 0. The highest BCUT2D eigenvalue weighted by molar-refractivity contribution is 5.98. The predicted octanol–water partition coefficient (Wildman–Crippen LogP) is 1.88. The summed E-state index contributed by atoms with van der Waals surface area (Å²) in [7, 11) is 0. The topological polar surface area (TPSA) is 52.6 Å². The van der Waals surface area contributed by atoms with Gasteiger partial charge in [-0.2, -0.15) is 0 Å². The number of rotatable bonds is 2. The number of fused-ring (bicyclic) bond motifs is 1. The van der Waals surface area contributed by atoms with E-state index in [2.05, 4.69) is 12.2 Å². The first-order valence-electron chi connectivity index (χ1n) is 6.10. The minimum Gasteiger partial charge on any atom is -0.458 e. The fourth-order valence-corrected chi connectivity index (χ4v) is 2.68. The molecule has 0 saturated heterocycles. The molecule has 0 aromatic rings. The molecular formula is C14H14O4. The third kappa shape index (κ3) is 1.78. The van der Waals surface area contributed by atoms with E-state index in [1.165, 1.54) is 6.26 Å². The maximum atomic E-state index is 11.8. The van der Waals surface area contributed by atoms with Crippen molar-refractivity contribution in [3.05, 3.63) is 35.6 Å². The van der Waals surface area contributed by atoms with Crippen LogP contribution in [0.1, 0.15) is 19.8 Å². The molecule has 4 heteroatoms. The highest BCUT2D eigenvalue weighted by Gasteiger charge is 2.38. The Balaban J connectivity index is 1.70. The molecule has 1 heterocycles. The number of ketones is 1. The number of Topliss-reactive ketones (excluding diaryl/α,β-unsaturated/α-hetero) is 1. The van der Waals surface area contributed by atoms with Gasteiger partial charge in [-0.3, -0.25) is 4.79 Å². The van der Waals surface area contributed by atoms with Gasteiger partial charge in [0, 0.05) is 29.6 Å². The Kier molecular flexibility index (Phi) is 2.58. The van der Waals surface area contributed by atoms with E-state index in [1.54, 1.807) is 13.0 Å². The van der Waals surface area contributed by atoms with Gasteiger partial charge in [0.2, 0.25) is 0 Å². The molecule has 1 fully saturated rings. The molecule has 3 atom stereocenters. The Bertz CT molecular complexity index is 498. The molecule has 0 spiro atoms. The van der Waals surface area contributed by atoms with Gasteiger partial charge in [-0.15, -0.1) is 0 Å². The standard InChI is InChI=1S/C14H14O4/c1-8-5-13(18-14(8)16)17-7-11-10-4-2-3-9(10)6-12(11)15/h2-3,5,7,9-10,13H,4,6H2,1H3/b11-7+. The lowest BCUT2D eigenvalue weighted by atomic mass is 9.97. The quantitative estimate of drug-likeness (QED) is 0.323. The van der Waals surface area contributed by atoms with E-state index < -0.39 is 6.29 Å². The number of carbonyl (C=O) groups is 2. The minimum absolute atomic E-state index is 0.138. The number of allylic oxidation sites excluding steroid dienone is 3. The summed E-state index contributed by atoms with van der Waals surface area (Å²) < 4.78 is 10.3. The number of cyclic esters (lactones) is 1. The molecule has 4 nitrogen and oxygen atoms in total. The molecule has 0 radical (unpaired) electrons. The highest BCUT2D eigenvalue weighted by Crippen LogP contribution is 2.41. The molecule has 0 N–H and O–H groups in total. The first kappa shape index (κ1) is 11.3. The van der Waals surface area contributed by atoms with Gasteiger partial charge in [0.25, 0.3) is 6.29 Å². The Labute approximate surface area is 105 Å². The summed E-state index contributed by atoms with van der Waals surface area (Å²) in [5.41, 5.74) is 1.26. The smallest absolute Gasteiger partial charge is 0.336 e. The summed E-state index contributed by atoms with van der Waals surface area (Å²) in [6.07, 6.45) is 8.07. The van der Waals surface area contributed by atoms with Gasteiger partial charge < -0.3 is 9.47 Å². The van der Waals surface area contributed by atoms with E-state index >= 15 is 0 Å². The Morgan fingerprint density at radius 3 is 3.00 bits per heavy atom. The van der Waals surface area contributed by atoms with Crippen molar-refractivity contribution in [2.24, 2.45) is 11.8 Å². The molecule has 0 amide bonds. The summed E-state index contributed by atoms with van der Waals surface area (Å²) in [4.78, 5) is 23.0. The third-order valence-electron chi connectivity index (χ3n) is 3.69. The van der Waals surface area contributed by atoms with Crippen LogP contribution in [0.25, 0.3) is 0 Å². The molecule has 1 saturated carbocycles. The molecule has 94 valence electrons. The predicted molar refractivity (Wildman–Crippen MR) is 63.2 cm³/mol. The normalized spacial score (nSPS) is 35.9. The van der Waals surface area contributed by atoms with Gasteiger partial charge in [-0.25, -0.2) is 4.79 Å². The van der Waals surface area contributed by atoms with Crippen LogP contribution in [-0.2, 0) is 19.1 Å². The van der Waals surface area contributed by atoms with Crippen LogP contribution in [0.3, 0.4) is 0 Å². The van der Waals surface area contributed by atoms with Gasteiger partial charge >= 0.3 is 5.97 Å². The van der Waals surface area contributed by atoms with Gasteiger partial charge in [0.15, 0.2) is 5.78 Å². The molecule has 2 aliphatic carbocycles. The van der Waals surface area contributed by atoms with Gasteiger partial charge in [-0.05, 0) is 19.3 Å². The fraction of sp³-hybridized carbons (Fsp3) is 0.429. The average Bonchev–Trinajstić information content (AvgIpc) is 2.94. The fourth-order valence-electron chi connectivity index (χ4n) is 2.68. The van der Waals surface area contributed by atoms with Crippen LogP contribution in [0.4, 0.5) is 0 Å². The number of carbonyl (C=O) groups excluding carboxylic acids is 2. The highest BCUT2D eigenvalue weighted by atomic mass is 16.7. The largest absolute Gasteiger partial charge is 0.458 e. The van der Waals surface area contributed by atoms with Gasteiger partial charge in [0.1, 0.15) is 0 Å². The van der Waals surface area contributed by atoms with Crippen LogP contribution in [0.5, 0.6) is 0 Å². The zero-order valence-corrected chi connectivity index (χ0v) is 10.1. The van der Waals surface area contributed by atoms with Gasteiger partial charge in [-0.1, -0.05) is 12.2 Å². The molecular weight excluding hydrogens is 232 g/mol. The molecule has 0 aromatic carbocycles. The summed E-state index contributed by atoms with van der Waals surface area (Å²) >= 11 is 0. The van der Waals surface area contributed by atoms with Crippen LogP contribution in [0, 0.1) is 11.8 Å². The van der Waals surface area contributed by atoms with Gasteiger partial charge in [0.05, 0.1) is 6.26 Å². The van der Waals surface area contributed by atoms with E-state index in [4.69, 9.17) is 9.47 Å². The Morgan fingerprint density at radius 2 is 2.28 bits per heavy atom. The number of hydrogen-bond acceptors (Lipinski definition) is 4. The van der Waals surface area contributed by atoms with Crippen molar-refractivity contribution < 1.29 is 19.1 Å². The summed E-state index contributed by atoms with van der Waals surface area (Å²) in [5, 5.41) is 0. The summed E-state index contributed by atoms with van der Waals surface area (Å²) in [6, 6.07) is 0. The van der Waals surface area contributed by atoms with E-state index in [0.29, 0.717) is 17.9 Å². The lowest BCUT2D eigenvalue weighted by Gasteiger charge is -2.11.